The number of carbonyl (C=O) groups is 1. The molecule has 1 fully saturated rings. The van der Waals surface area contributed by atoms with Crippen LogP contribution in [0, 0.1) is 6.92 Å². The maximum Gasteiger partial charge on any atom is 0.255 e. The minimum atomic E-state index is -0.235. The number of anilines is 1. The molecule has 25 heavy (non-hydrogen) atoms. The molecule has 0 spiro atoms. The summed E-state index contributed by atoms with van der Waals surface area (Å²) in [6.45, 7) is 4.29. The lowest BCUT2D eigenvalue weighted by Crippen LogP contribution is -2.23. The van der Waals surface area contributed by atoms with E-state index in [2.05, 4.69) is 32.5 Å². The molecule has 0 radical (unpaired) electrons. The van der Waals surface area contributed by atoms with E-state index in [9.17, 15) is 4.79 Å². The molecule has 1 saturated carbocycles. The Balaban J connectivity index is 1.63. The van der Waals surface area contributed by atoms with Crippen LogP contribution in [0.25, 0.3) is 11.1 Å². The topological polar surface area (TPSA) is 97.9 Å². The number of nitrogens with one attached hydrogen (secondary N) is 2. The average molecular weight is 340 g/mol. The zero-order chi connectivity index (χ0) is 17.6. The van der Waals surface area contributed by atoms with E-state index in [-0.39, 0.29) is 11.4 Å². The lowest BCUT2D eigenvalue weighted by atomic mass is 10.2. The number of imidazole rings is 1. The molecular formula is C17H20N6O2. The Morgan fingerprint density at radius 3 is 2.88 bits per heavy atom. The van der Waals surface area contributed by atoms with Crippen LogP contribution in [0.5, 0.6) is 0 Å². The van der Waals surface area contributed by atoms with Crippen molar-refractivity contribution in [2.24, 2.45) is 7.05 Å². The molecule has 0 saturated heterocycles. The van der Waals surface area contributed by atoms with Crippen molar-refractivity contribution in [3.63, 3.8) is 0 Å². The van der Waals surface area contributed by atoms with Crippen molar-refractivity contribution in [2.75, 3.05) is 5.32 Å². The van der Waals surface area contributed by atoms with Crippen molar-refractivity contribution in [1.82, 2.24) is 24.8 Å². The standard InChI is InChI=1S/C17H20N6O2/c1-10-20-14(22-17(2)4-5-17)13-12(8-25-16(13)21-10)15(24)18-6-11-7-23(3)9-19-11/h7-9H,4-6H2,1-3H3,(H,18,24)(H,20,21,22). The highest BCUT2D eigenvalue weighted by molar-refractivity contribution is 6.08. The molecule has 8 heteroatoms. The van der Waals surface area contributed by atoms with Gasteiger partial charge >= 0.3 is 0 Å². The summed E-state index contributed by atoms with van der Waals surface area (Å²) in [6.07, 6.45) is 7.16. The number of nitrogens with zero attached hydrogens (tertiary/aromatic N) is 4. The van der Waals surface area contributed by atoms with E-state index in [1.54, 1.807) is 6.33 Å². The molecular weight excluding hydrogens is 320 g/mol. The minimum absolute atomic E-state index is 0.0344. The Labute approximate surface area is 144 Å². The van der Waals surface area contributed by atoms with Gasteiger partial charge in [0.15, 0.2) is 0 Å². The second-order valence-electron chi connectivity index (χ2n) is 6.85. The Bertz CT molecular complexity index is 953. The van der Waals surface area contributed by atoms with Gasteiger partial charge in [-0.1, -0.05) is 0 Å². The first-order chi connectivity index (χ1) is 11.9. The molecule has 0 aromatic carbocycles. The Morgan fingerprint density at radius 1 is 1.40 bits per heavy atom. The molecule has 130 valence electrons. The van der Waals surface area contributed by atoms with Crippen molar-refractivity contribution < 1.29 is 9.21 Å². The molecule has 0 bridgehead atoms. The van der Waals surface area contributed by atoms with Crippen molar-refractivity contribution >= 4 is 22.8 Å². The van der Waals surface area contributed by atoms with Crippen LogP contribution in [0.15, 0.2) is 23.2 Å². The van der Waals surface area contributed by atoms with Gasteiger partial charge in [0.1, 0.15) is 17.9 Å². The summed E-state index contributed by atoms with van der Waals surface area (Å²) in [5.41, 5.74) is 1.67. The average Bonchev–Trinajstić information content (AvgIpc) is 2.97. The number of hydrogen-bond donors (Lipinski definition) is 2. The van der Waals surface area contributed by atoms with Crippen molar-refractivity contribution in [1.29, 1.82) is 0 Å². The number of aryl methyl sites for hydroxylation is 2. The Hall–Kier alpha value is -2.90. The minimum Gasteiger partial charge on any atom is -0.445 e. The summed E-state index contributed by atoms with van der Waals surface area (Å²) in [5.74, 6) is 1.02. The van der Waals surface area contributed by atoms with Crippen LogP contribution in [-0.2, 0) is 13.6 Å². The second kappa shape index (κ2) is 5.58. The molecule has 1 aliphatic rings. The molecule has 3 aromatic heterocycles. The molecule has 0 atom stereocenters. The van der Waals surface area contributed by atoms with Gasteiger partial charge in [-0.15, -0.1) is 0 Å². The lowest BCUT2D eigenvalue weighted by molar-refractivity contribution is 0.0951. The normalized spacial score (nSPS) is 15.3. The SMILES string of the molecule is Cc1nc(NC2(C)CC2)c2c(C(=O)NCc3cn(C)cn3)coc2n1. The van der Waals surface area contributed by atoms with Crippen LogP contribution in [0.1, 0.15) is 41.6 Å². The van der Waals surface area contributed by atoms with Gasteiger partial charge in [0, 0.05) is 18.8 Å². The quantitative estimate of drug-likeness (QED) is 0.738. The van der Waals surface area contributed by atoms with E-state index in [1.807, 2.05) is 24.7 Å². The molecule has 0 aliphatic heterocycles. The highest BCUT2D eigenvalue weighted by atomic mass is 16.3. The van der Waals surface area contributed by atoms with E-state index >= 15 is 0 Å². The van der Waals surface area contributed by atoms with E-state index in [1.165, 1.54) is 6.26 Å². The fraction of sp³-hybridized carbons (Fsp3) is 0.412. The molecule has 3 aromatic rings. The van der Waals surface area contributed by atoms with Crippen molar-refractivity contribution in [2.45, 2.75) is 38.8 Å². The van der Waals surface area contributed by atoms with E-state index < -0.39 is 0 Å². The fourth-order valence-electron chi connectivity index (χ4n) is 2.73. The number of amides is 1. The van der Waals surface area contributed by atoms with Gasteiger partial charge in [-0.05, 0) is 26.7 Å². The van der Waals surface area contributed by atoms with Crippen LogP contribution in [0.2, 0.25) is 0 Å². The highest BCUT2D eigenvalue weighted by Crippen LogP contribution is 2.39. The monoisotopic (exact) mass is 340 g/mol. The molecule has 0 unspecified atom stereocenters. The fourth-order valence-corrected chi connectivity index (χ4v) is 2.73. The van der Waals surface area contributed by atoms with E-state index in [0.29, 0.717) is 34.9 Å². The van der Waals surface area contributed by atoms with Gasteiger partial charge < -0.3 is 19.6 Å². The van der Waals surface area contributed by atoms with Crippen LogP contribution >= 0.6 is 0 Å². The molecule has 8 nitrogen and oxygen atoms in total. The van der Waals surface area contributed by atoms with Gasteiger partial charge in [0.25, 0.3) is 5.91 Å². The predicted octanol–water partition coefficient (Wildman–Crippen LogP) is 2.16. The second-order valence-corrected chi connectivity index (χ2v) is 6.85. The summed E-state index contributed by atoms with van der Waals surface area (Å²) in [6, 6.07) is 0. The molecule has 1 aliphatic carbocycles. The number of aromatic nitrogens is 4. The maximum atomic E-state index is 12.6. The van der Waals surface area contributed by atoms with Gasteiger partial charge in [0.2, 0.25) is 5.71 Å². The third kappa shape index (κ3) is 3.07. The molecule has 1 amide bonds. The van der Waals surface area contributed by atoms with Crippen molar-refractivity contribution in [3.8, 4) is 0 Å². The zero-order valence-corrected chi connectivity index (χ0v) is 14.5. The van der Waals surface area contributed by atoms with Crippen molar-refractivity contribution in [3.05, 3.63) is 35.9 Å². The zero-order valence-electron chi connectivity index (χ0n) is 14.5. The van der Waals surface area contributed by atoms with Gasteiger partial charge in [0.05, 0.1) is 29.5 Å². The highest BCUT2D eigenvalue weighted by Gasteiger charge is 2.38. The summed E-state index contributed by atoms with van der Waals surface area (Å²) in [4.78, 5) is 25.6. The Kier molecular flexibility index (Phi) is 3.48. The molecule has 3 heterocycles. The van der Waals surface area contributed by atoms with E-state index in [0.717, 1.165) is 18.5 Å². The first kappa shape index (κ1) is 15.6. The number of hydrogen-bond acceptors (Lipinski definition) is 6. The van der Waals surface area contributed by atoms with Crippen LogP contribution in [0.4, 0.5) is 5.82 Å². The van der Waals surface area contributed by atoms with E-state index in [4.69, 9.17) is 4.42 Å². The first-order valence-corrected chi connectivity index (χ1v) is 8.23. The third-order valence-corrected chi connectivity index (χ3v) is 4.40. The molecule has 2 N–H and O–H groups in total. The van der Waals surface area contributed by atoms with Gasteiger partial charge in [-0.2, -0.15) is 4.98 Å². The lowest BCUT2D eigenvalue weighted by Gasteiger charge is -2.13. The predicted molar refractivity (Wildman–Crippen MR) is 92.2 cm³/mol. The van der Waals surface area contributed by atoms with Gasteiger partial charge in [-0.3, -0.25) is 4.79 Å². The largest absolute Gasteiger partial charge is 0.445 e. The summed E-state index contributed by atoms with van der Waals surface area (Å²) < 4.78 is 7.35. The van der Waals surface area contributed by atoms with Crippen LogP contribution in [-0.4, -0.2) is 31.0 Å². The van der Waals surface area contributed by atoms with Gasteiger partial charge in [-0.25, -0.2) is 9.97 Å². The first-order valence-electron chi connectivity index (χ1n) is 8.23. The number of furan rings is 1. The summed E-state index contributed by atoms with van der Waals surface area (Å²) in [7, 11) is 1.89. The number of rotatable bonds is 5. The number of carbonyl (C=O) groups excluding carboxylic acids is 1. The Morgan fingerprint density at radius 2 is 2.20 bits per heavy atom. The summed E-state index contributed by atoms with van der Waals surface area (Å²) >= 11 is 0. The third-order valence-electron chi connectivity index (χ3n) is 4.40. The van der Waals surface area contributed by atoms with Crippen LogP contribution < -0.4 is 10.6 Å². The van der Waals surface area contributed by atoms with Crippen LogP contribution in [0.3, 0.4) is 0 Å². The number of fused-ring (bicyclic) bond motifs is 1. The smallest absolute Gasteiger partial charge is 0.255 e. The maximum absolute atomic E-state index is 12.6. The summed E-state index contributed by atoms with van der Waals surface area (Å²) in [5, 5.41) is 6.92. The molecule has 4 rings (SSSR count).